The Balaban J connectivity index is 2.24. The van der Waals surface area contributed by atoms with E-state index in [1.165, 1.54) is 11.8 Å². The fourth-order valence-corrected chi connectivity index (χ4v) is 2.43. The van der Waals surface area contributed by atoms with Gasteiger partial charge in [-0.3, -0.25) is 4.79 Å². The van der Waals surface area contributed by atoms with E-state index in [1.54, 1.807) is 13.2 Å². The zero-order chi connectivity index (χ0) is 12.4. The summed E-state index contributed by atoms with van der Waals surface area (Å²) < 4.78 is 5.42. The molecular formula is C11H10N2O2S2. The number of carbonyl (C=O) groups is 1. The number of methoxy groups -OCH3 is 1. The maximum Gasteiger partial charge on any atom is 0.280 e. The molecule has 2 rings (SSSR count). The van der Waals surface area contributed by atoms with Crippen LogP contribution in [-0.2, 0) is 4.79 Å². The normalized spacial score (nSPS) is 18.0. The largest absolute Gasteiger partial charge is 0.497 e. The molecule has 1 aromatic rings. The average molecular weight is 266 g/mol. The van der Waals surface area contributed by atoms with E-state index in [2.05, 4.69) is 0 Å². The van der Waals surface area contributed by atoms with Crippen molar-refractivity contribution < 1.29 is 9.53 Å². The molecule has 88 valence electrons. The lowest BCUT2D eigenvalue weighted by Gasteiger charge is -2.03. The van der Waals surface area contributed by atoms with Crippen LogP contribution >= 0.6 is 24.0 Å². The molecule has 2 N–H and O–H groups in total. The molecule has 1 heterocycles. The van der Waals surface area contributed by atoms with Gasteiger partial charge in [0.05, 0.1) is 12.0 Å². The van der Waals surface area contributed by atoms with Crippen LogP contribution in [0.5, 0.6) is 5.75 Å². The van der Waals surface area contributed by atoms with Gasteiger partial charge in [-0.25, -0.2) is 10.9 Å². The van der Waals surface area contributed by atoms with Crippen LogP contribution < -0.4 is 10.6 Å². The van der Waals surface area contributed by atoms with Crippen LogP contribution in [0.3, 0.4) is 0 Å². The Morgan fingerprint density at radius 2 is 2.06 bits per heavy atom. The van der Waals surface area contributed by atoms with E-state index < -0.39 is 0 Å². The van der Waals surface area contributed by atoms with Crippen molar-refractivity contribution in [1.82, 2.24) is 5.01 Å². The predicted octanol–water partition coefficient (Wildman–Crippen LogP) is 1.77. The van der Waals surface area contributed by atoms with Crippen LogP contribution in [0.2, 0.25) is 0 Å². The Morgan fingerprint density at radius 3 is 2.53 bits per heavy atom. The smallest absolute Gasteiger partial charge is 0.280 e. The van der Waals surface area contributed by atoms with Crippen molar-refractivity contribution >= 4 is 40.3 Å². The molecule has 0 aromatic heterocycles. The summed E-state index contributed by atoms with van der Waals surface area (Å²) in [4.78, 5) is 12.2. The fraction of sp³-hybridized carbons (Fsp3) is 0.0909. The van der Waals surface area contributed by atoms with Crippen LogP contribution in [0, 0.1) is 0 Å². The second-order valence-corrected chi connectivity index (χ2v) is 5.00. The number of hydrogen-bond donors (Lipinski definition) is 1. The summed E-state index contributed by atoms with van der Waals surface area (Å²) in [5, 5.41) is 0.982. The zero-order valence-electron chi connectivity index (χ0n) is 9.04. The lowest BCUT2D eigenvalue weighted by molar-refractivity contribution is -0.122. The number of nitrogens with zero attached hydrogens (tertiary/aromatic N) is 1. The number of benzene rings is 1. The number of hydrazine groups is 1. The fourth-order valence-electron chi connectivity index (χ4n) is 1.33. The standard InChI is InChI=1S/C11H10N2O2S2/c1-15-8-4-2-7(3-5-8)6-9-10(14)13(12)11(16)17-9/h2-6H,12H2,1H3/b9-6+. The van der Waals surface area contributed by atoms with Crippen LogP contribution in [0.15, 0.2) is 29.2 Å². The first-order valence-corrected chi connectivity index (χ1v) is 6.01. The maximum atomic E-state index is 11.6. The molecule has 1 amide bonds. The minimum atomic E-state index is -0.268. The van der Waals surface area contributed by atoms with Crippen LogP contribution in [0.4, 0.5) is 0 Å². The molecule has 0 bridgehead atoms. The first kappa shape index (κ1) is 12.1. The highest BCUT2D eigenvalue weighted by molar-refractivity contribution is 8.26. The van der Waals surface area contributed by atoms with Gasteiger partial charge in [-0.15, -0.1) is 0 Å². The highest BCUT2D eigenvalue weighted by atomic mass is 32.2. The first-order valence-electron chi connectivity index (χ1n) is 4.78. The van der Waals surface area contributed by atoms with E-state index in [0.717, 1.165) is 16.3 Å². The van der Waals surface area contributed by atoms with Gasteiger partial charge in [-0.2, -0.15) is 0 Å². The number of thioether (sulfide) groups is 1. The van der Waals surface area contributed by atoms with Crippen LogP contribution in [0.1, 0.15) is 5.56 Å². The van der Waals surface area contributed by atoms with Gasteiger partial charge in [0.25, 0.3) is 5.91 Å². The lowest BCUT2D eigenvalue weighted by atomic mass is 10.2. The number of amides is 1. The van der Waals surface area contributed by atoms with Crippen molar-refractivity contribution in [2.75, 3.05) is 7.11 Å². The Kier molecular flexibility index (Phi) is 3.46. The molecule has 0 unspecified atom stereocenters. The molecule has 0 saturated carbocycles. The SMILES string of the molecule is COc1ccc(/C=C2/SC(=S)N(N)C2=O)cc1. The van der Waals surface area contributed by atoms with E-state index in [9.17, 15) is 4.79 Å². The van der Waals surface area contributed by atoms with Gasteiger partial charge in [0, 0.05) is 0 Å². The molecule has 1 aliphatic heterocycles. The molecule has 0 aliphatic carbocycles. The minimum absolute atomic E-state index is 0.268. The number of nitrogens with two attached hydrogens (primary N) is 1. The zero-order valence-corrected chi connectivity index (χ0v) is 10.7. The van der Waals surface area contributed by atoms with Crippen LogP contribution in [-0.4, -0.2) is 22.3 Å². The van der Waals surface area contributed by atoms with Gasteiger partial charge < -0.3 is 4.74 Å². The van der Waals surface area contributed by atoms with Crippen molar-refractivity contribution in [3.8, 4) is 5.75 Å². The Bertz CT molecular complexity index is 497. The third kappa shape index (κ3) is 2.49. The second kappa shape index (κ2) is 4.87. The number of ether oxygens (including phenoxy) is 1. The molecule has 1 aromatic carbocycles. The minimum Gasteiger partial charge on any atom is -0.497 e. The average Bonchev–Trinajstić information content (AvgIpc) is 2.58. The Labute approximate surface area is 108 Å². The highest BCUT2D eigenvalue weighted by Gasteiger charge is 2.29. The topological polar surface area (TPSA) is 55.6 Å². The van der Waals surface area contributed by atoms with Gasteiger partial charge in [0.1, 0.15) is 5.75 Å². The summed E-state index contributed by atoms with van der Waals surface area (Å²) >= 11 is 6.13. The molecule has 0 spiro atoms. The highest BCUT2D eigenvalue weighted by Crippen LogP contribution is 2.30. The number of hydrogen-bond acceptors (Lipinski definition) is 5. The first-order chi connectivity index (χ1) is 8.11. The van der Waals surface area contributed by atoms with Crippen molar-refractivity contribution in [3.63, 3.8) is 0 Å². The van der Waals surface area contributed by atoms with Gasteiger partial charge in [-0.1, -0.05) is 36.1 Å². The van der Waals surface area contributed by atoms with Crippen molar-refractivity contribution in [3.05, 3.63) is 34.7 Å². The van der Waals surface area contributed by atoms with E-state index >= 15 is 0 Å². The van der Waals surface area contributed by atoms with Gasteiger partial charge in [-0.05, 0) is 23.8 Å². The Hall–Kier alpha value is -1.37. The monoisotopic (exact) mass is 266 g/mol. The number of rotatable bonds is 2. The molecule has 1 fully saturated rings. The maximum absolute atomic E-state index is 11.6. The van der Waals surface area contributed by atoms with Crippen molar-refractivity contribution in [2.24, 2.45) is 5.84 Å². The Morgan fingerprint density at radius 1 is 1.41 bits per heavy atom. The summed E-state index contributed by atoms with van der Waals surface area (Å²) in [5.74, 6) is 5.98. The van der Waals surface area contributed by atoms with Crippen molar-refractivity contribution in [1.29, 1.82) is 0 Å². The third-order valence-electron chi connectivity index (χ3n) is 2.24. The molecule has 4 nitrogen and oxygen atoms in total. The number of thiocarbonyl (C=S) groups is 1. The van der Waals surface area contributed by atoms with Gasteiger partial charge >= 0.3 is 0 Å². The van der Waals surface area contributed by atoms with Gasteiger partial charge in [0.15, 0.2) is 4.32 Å². The van der Waals surface area contributed by atoms with Gasteiger partial charge in [0.2, 0.25) is 0 Å². The van der Waals surface area contributed by atoms with E-state index in [4.69, 9.17) is 22.8 Å². The second-order valence-electron chi connectivity index (χ2n) is 3.32. The molecule has 6 heteroatoms. The molecule has 17 heavy (non-hydrogen) atoms. The molecule has 0 radical (unpaired) electrons. The van der Waals surface area contributed by atoms with E-state index in [-0.39, 0.29) is 5.91 Å². The summed E-state index contributed by atoms with van der Waals surface area (Å²) in [6.07, 6.45) is 1.76. The van der Waals surface area contributed by atoms with Crippen molar-refractivity contribution in [2.45, 2.75) is 0 Å². The molecular weight excluding hydrogens is 256 g/mol. The summed E-state index contributed by atoms with van der Waals surface area (Å²) in [5.41, 5.74) is 0.903. The van der Waals surface area contributed by atoms with E-state index in [0.29, 0.717) is 9.23 Å². The third-order valence-corrected chi connectivity index (χ3v) is 3.57. The van der Waals surface area contributed by atoms with E-state index in [1.807, 2.05) is 24.3 Å². The lowest BCUT2D eigenvalue weighted by Crippen LogP contribution is -2.34. The predicted molar refractivity (Wildman–Crippen MR) is 72.2 cm³/mol. The molecule has 1 saturated heterocycles. The summed E-state index contributed by atoms with van der Waals surface area (Å²) in [6.45, 7) is 0. The summed E-state index contributed by atoms with van der Waals surface area (Å²) in [6, 6.07) is 7.38. The molecule has 1 aliphatic rings. The quantitative estimate of drug-likeness (QED) is 0.383. The number of carbonyl (C=O) groups excluding carboxylic acids is 1. The summed E-state index contributed by atoms with van der Waals surface area (Å²) in [7, 11) is 1.61. The molecule has 0 atom stereocenters. The van der Waals surface area contributed by atoms with Crippen LogP contribution in [0.25, 0.3) is 6.08 Å².